The standard InChI is InChI=1S/C15H18N6O3/c1-3-4-13(14-17-19-20-18-14)16-15(22)10(2)9-11-5-7-12(8-6-11)21(23)24/h5-9,13H,3-4H2,1-2H3,(H,16,22)(H,17,18,19,20)/b10-9+. The lowest BCUT2D eigenvalue weighted by atomic mass is 10.1. The summed E-state index contributed by atoms with van der Waals surface area (Å²) in [7, 11) is 0. The Bertz CT molecular complexity index is 724. The molecule has 1 atom stereocenters. The number of non-ortho nitro benzene ring substituents is 1. The molecule has 1 unspecified atom stereocenters. The number of aromatic amines is 1. The molecule has 2 aromatic rings. The molecule has 0 aliphatic heterocycles. The van der Waals surface area contributed by atoms with Gasteiger partial charge in [0.15, 0.2) is 5.82 Å². The quantitative estimate of drug-likeness (QED) is 0.455. The first-order chi connectivity index (χ1) is 11.5. The van der Waals surface area contributed by atoms with Gasteiger partial charge in [0, 0.05) is 17.7 Å². The highest BCUT2D eigenvalue weighted by Crippen LogP contribution is 2.16. The van der Waals surface area contributed by atoms with Crippen LogP contribution in [0, 0.1) is 10.1 Å². The Morgan fingerprint density at radius 2 is 2.12 bits per heavy atom. The van der Waals surface area contributed by atoms with Crippen molar-refractivity contribution >= 4 is 17.7 Å². The summed E-state index contributed by atoms with van der Waals surface area (Å²) in [5.74, 6) is 0.185. The summed E-state index contributed by atoms with van der Waals surface area (Å²) in [4.78, 5) is 22.5. The zero-order valence-corrected chi connectivity index (χ0v) is 13.4. The number of rotatable bonds is 7. The van der Waals surface area contributed by atoms with Crippen molar-refractivity contribution in [3.63, 3.8) is 0 Å². The topological polar surface area (TPSA) is 127 Å². The highest BCUT2D eigenvalue weighted by molar-refractivity contribution is 5.97. The number of H-pyrrole nitrogens is 1. The van der Waals surface area contributed by atoms with E-state index >= 15 is 0 Å². The van der Waals surface area contributed by atoms with Gasteiger partial charge in [-0.1, -0.05) is 18.6 Å². The second-order valence-electron chi connectivity index (χ2n) is 5.26. The maximum atomic E-state index is 12.3. The van der Waals surface area contributed by atoms with Crippen molar-refractivity contribution in [1.29, 1.82) is 0 Å². The number of nitrogens with one attached hydrogen (secondary N) is 2. The number of hydrogen-bond donors (Lipinski definition) is 2. The molecule has 1 aromatic carbocycles. The van der Waals surface area contributed by atoms with Crippen LogP contribution in [0.25, 0.3) is 6.08 Å². The predicted octanol–water partition coefficient (Wildman–Crippen LogP) is 2.17. The monoisotopic (exact) mass is 330 g/mol. The number of nitro benzene ring substituents is 1. The summed E-state index contributed by atoms with van der Waals surface area (Å²) in [6.45, 7) is 3.68. The van der Waals surface area contributed by atoms with E-state index in [1.807, 2.05) is 6.92 Å². The van der Waals surface area contributed by atoms with Crippen LogP contribution in [0.15, 0.2) is 29.8 Å². The number of benzene rings is 1. The summed E-state index contributed by atoms with van der Waals surface area (Å²) in [6, 6.07) is 5.67. The average Bonchev–Trinajstić information content (AvgIpc) is 3.09. The van der Waals surface area contributed by atoms with Crippen LogP contribution in [0.4, 0.5) is 5.69 Å². The van der Waals surface area contributed by atoms with Gasteiger partial charge in [0.05, 0.1) is 11.0 Å². The Balaban J connectivity index is 2.08. The molecule has 9 heteroatoms. The maximum Gasteiger partial charge on any atom is 0.269 e. The molecular formula is C15H18N6O3. The van der Waals surface area contributed by atoms with Crippen LogP contribution in [0.5, 0.6) is 0 Å². The largest absolute Gasteiger partial charge is 0.342 e. The van der Waals surface area contributed by atoms with Crippen molar-refractivity contribution in [3.05, 3.63) is 51.3 Å². The lowest BCUT2D eigenvalue weighted by Crippen LogP contribution is -2.29. The molecule has 126 valence electrons. The van der Waals surface area contributed by atoms with Crippen molar-refractivity contribution in [2.75, 3.05) is 0 Å². The minimum Gasteiger partial charge on any atom is -0.342 e. The van der Waals surface area contributed by atoms with Gasteiger partial charge >= 0.3 is 0 Å². The SMILES string of the molecule is CCCC(NC(=O)/C(C)=C/c1ccc([N+](=O)[O-])cc1)c1nn[nH]n1. The third-order valence-electron chi connectivity index (χ3n) is 3.40. The van der Waals surface area contributed by atoms with E-state index in [1.165, 1.54) is 12.1 Å². The normalized spacial score (nSPS) is 12.7. The van der Waals surface area contributed by atoms with Crippen molar-refractivity contribution in [3.8, 4) is 0 Å². The minimum atomic E-state index is -0.465. The van der Waals surface area contributed by atoms with E-state index < -0.39 is 4.92 Å². The molecule has 0 bridgehead atoms. The van der Waals surface area contributed by atoms with Gasteiger partial charge in [-0.3, -0.25) is 14.9 Å². The molecule has 0 saturated carbocycles. The molecule has 2 rings (SSSR count). The third kappa shape index (κ3) is 4.45. The number of tetrazole rings is 1. The molecule has 0 aliphatic carbocycles. The van der Waals surface area contributed by atoms with Crippen molar-refractivity contribution < 1.29 is 9.72 Å². The van der Waals surface area contributed by atoms with E-state index in [4.69, 9.17) is 0 Å². The van der Waals surface area contributed by atoms with Gasteiger partial charge in [-0.2, -0.15) is 5.21 Å². The molecule has 24 heavy (non-hydrogen) atoms. The van der Waals surface area contributed by atoms with Gasteiger partial charge in [-0.15, -0.1) is 10.2 Å². The summed E-state index contributed by atoms with van der Waals surface area (Å²) in [5.41, 5.74) is 1.20. The Labute approximate surface area is 138 Å². The molecule has 0 fully saturated rings. The molecule has 2 N–H and O–H groups in total. The number of hydrogen-bond acceptors (Lipinski definition) is 6. The number of nitro groups is 1. The van der Waals surface area contributed by atoms with Crippen LogP contribution < -0.4 is 5.32 Å². The van der Waals surface area contributed by atoms with E-state index in [1.54, 1.807) is 25.1 Å². The predicted molar refractivity (Wildman–Crippen MR) is 86.7 cm³/mol. The van der Waals surface area contributed by atoms with Crippen LogP contribution in [-0.2, 0) is 4.79 Å². The highest BCUT2D eigenvalue weighted by atomic mass is 16.6. The van der Waals surface area contributed by atoms with Gasteiger partial charge < -0.3 is 5.32 Å². The molecular weight excluding hydrogens is 312 g/mol. The number of nitrogens with zero attached hydrogens (tertiary/aromatic N) is 4. The fourth-order valence-corrected chi connectivity index (χ4v) is 2.15. The second-order valence-corrected chi connectivity index (χ2v) is 5.26. The van der Waals surface area contributed by atoms with Gasteiger partial charge in [-0.25, -0.2) is 0 Å². The summed E-state index contributed by atoms with van der Waals surface area (Å²) in [5, 5.41) is 27.2. The van der Waals surface area contributed by atoms with Gasteiger partial charge in [0.1, 0.15) is 0 Å². The lowest BCUT2D eigenvalue weighted by molar-refractivity contribution is -0.384. The lowest BCUT2D eigenvalue weighted by Gasteiger charge is -2.14. The first kappa shape index (κ1) is 17.3. The Morgan fingerprint density at radius 1 is 1.42 bits per heavy atom. The van der Waals surface area contributed by atoms with E-state index in [-0.39, 0.29) is 17.6 Å². The smallest absolute Gasteiger partial charge is 0.269 e. The number of carbonyl (C=O) groups excluding carboxylic acids is 1. The molecule has 1 amide bonds. The first-order valence-corrected chi connectivity index (χ1v) is 7.48. The van der Waals surface area contributed by atoms with Crippen LogP contribution in [0.1, 0.15) is 44.1 Å². The summed E-state index contributed by atoms with van der Waals surface area (Å²) < 4.78 is 0. The second kappa shape index (κ2) is 7.95. The van der Waals surface area contributed by atoms with Gasteiger partial charge in [0.25, 0.3) is 5.69 Å². The summed E-state index contributed by atoms with van der Waals surface area (Å²) >= 11 is 0. The van der Waals surface area contributed by atoms with E-state index in [0.29, 0.717) is 23.4 Å². The van der Waals surface area contributed by atoms with Gasteiger partial charge in [-0.05, 0) is 37.1 Å². The molecule has 0 saturated heterocycles. The molecule has 9 nitrogen and oxygen atoms in total. The van der Waals surface area contributed by atoms with Crippen molar-refractivity contribution in [2.24, 2.45) is 0 Å². The van der Waals surface area contributed by atoms with E-state index in [0.717, 1.165) is 6.42 Å². The molecule has 1 heterocycles. The van der Waals surface area contributed by atoms with Crippen molar-refractivity contribution in [2.45, 2.75) is 32.7 Å². The fourth-order valence-electron chi connectivity index (χ4n) is 2.15. The van der Waals surface area contributed by atoms with E-state index in [9.17, 15) is 14.9 Å². The van der Waals surface area contributed by atoms with Gasteiger partial charge in [0.2, 0.25) is 5.91 Å². The number of carbonyl (C=O) groups is 1. The highest BCUT2D eigenvalue weighted by Gasteiger charge is 2.18. The zero-order valence-electron chi connectivity index (χ0n) is 13.4. The van der Waals surface area contributed by atoms with E-state index in [2.05, 4.69) is 25.9 Å². The molecule has 0 spiro atoms. The third-order valence-corrected chi connectivity index (χ3v) is 3.40. The molecule has 0 aliphatic rings. The average molecular weight is 330 g/mol. The Morgan fingerprint density at radius 3 is 2.67 bits per heavy atom. The van der Waals surface area contributed by atoms with Crippen molar-refractivity contribution in [1.82, 2.24) is 25.9 Å². The Hall–Kier alpha value is -3.10. The van der Waals surface area contributed by atoms with Crippen LogP contribution in [0.3, 0.4) is 0 Å². The van der Waals surface area contributed by atoms with Crippen LogP contribution in [0.2, 0.25) is 0 Å². The first-order valence-electron chi connectivity index (χ1n) is 7.48. The van der Waals surface area contributed by atoms with Crippen LogP contribution in [-0.4, -0.2) is 31.5 Å². The maximum absolute atomic E-state index is 12.3. The number of aromatic nitrogens is 4. The fraction of sp³-hybridized carbons (Fsp3) is 0.333. The minimum absolute atomic E-state index is 0.00868. The molecule has 1 aromatic heterocycles. The zero-order chi connectivity index (χ0) is 17.5. The van der Waals surface area contributed by atoms with Crippen LogP contribution >= 0.6 is 0 Å². The summed E-state index contributed by atoms with van der Waals surface area (Å²) in [6.07, 6.45) is 3.21. The molecule has 0 radical (unpaired) electrons. The number of amides is 1. The Kier molecular flexibility index (Phi) is 5.72.